The highest BCUT2D eigenvalue weighted by Gasteiger charge is 2.25. The lowest BCUT2D eigenvalue weighted by Crippen LogP contribution is -2.10. The second kappa shape index (κ2) is 3.96. The summed E-state index contributed by atoms with van der Waals surface area (Å²) in [5.74, 6) is -3.37. The number of rotatable bonds is 2. The minimum absolute atomic E-state index is 0.573. The van der Waals surface area contributed by atoms with Crippen molar-refractivity contribution >= 4 is 5.97 Å². The van der Waals surface area contributed by atoms with Gasteiger partial charge in [-0.2, -0.15) is 5.26 Å². The highest BCUT2D eigenvalue weighted by molar-refractivity contribution is 5.89. The molecule has 0 atom stereocenters. The molecule has 0 fully saturated rings. The van der Waals surface area contributed by atoms with Crippen LogP contribution in [-0.4, -0.2) is 16.1 Å². The maximum Gasteiger partial charge on any atom is 0.340 e. The maximum absolute atomic E-state index is 13.2. The number of aromatic carboxylic acids is 1. The van der Waals surface area contributed by atoms with Gasteiger partial charge in [-0.05, 0) is 0 Å². The van der Waals surface area contributed by atoms with Gasteiger partial charge in [0.1, 0.15) is 22.9 Å². The molecule has 0 saturated carbocycles. The molecule has 0 aliphatic rings. The molecule has 1 aromatic heterocycles. The highest BCUT2D eigenvalue weighted by atomic mass is 19.3. The fraction of sp³-hybridized carbons (Fsp3) is 0.125. The monoisotopic (exact) mass is 216 g/mol. The minimum atomic E-state index is -3.21. The molecular weight excluding hydrogens is 213 g/mol. The first kappa shape index (κ1) is 11.0. The van der Waals surface area contributed by atoms with E-state index in [1.807, 2.05) is 0 Å². The number of carbonyl (C=O) groups is 1. The van der Waals surface area contributed by atoms with Gasteiger partial charge in [0.25, 0.3) is 6.43 Å². The number of pyridine rings is 1. The van der Waals surface area contributed by atoms with Crippen LogP contribution in [0.2, 0.25) is 0 Å². The van der Waals surface area contributed by atoms with Crippen molar-refractivity contribution in [3.8, 4) is 6.07 Å². The van der Waals surface area contributed by atoms with Crippen LogP contribution in [0.5, 0.6) is 0 Å². The lowest BCUT2D eigenvalue weighted by Gasteiger charge is -2.05. The van der Waals surface area contributed by atoms with Gasteiger partial charge in [-0.3, -0.25) is 4.98 Å². The Bertz CT molecular complexity index is 454. The summed E-state index contributed by atoms with van der Waals surface area (Å²) in [5.41, 5.74) is -3.13. The Balaban J connectivity index is 3.53. The van der Waals surface area contributed by atoms with Gasteiger partial charge in [0.15, 0.2) is 5.82 Å². The van der Waals surface area contributed by atoms with Crippen LogP contribution in [0.25, 0.3) is 0 Å². The van der Waals surface area contributed by atoms with Crippen LogP contribution >= 0.6 is 0 Å². The van der Waals surface area contributed by atoms with E-state index in [1.54, 1.807) is 0 Å². The predicted octanol–water partition coefficient (Wildman–Crippen LogP) is 1.73. The fourth-order valence-corrected chi connectivity index (χ4v) is 0.949. The number of nitriles is 1. The van der Waals surface area contributed by atoms with E-state index in [1.165, 1.54) is 6.07 Å². The number of carboxylic acids is 1. The third kappa shape index (κ3) is 1.88. The second-order valence-corrected chi connectivity index (χ2v) is 2.46. The largest absolute Gasteiger partial charge is 0.478 e. The molecule has 4 nitrogen and oxygen atoms in total. The van der Waals surface area contributed by atoms with Crippen LogP contribution in [0, 0.1) is 17.1 Å². The third-order valence-corrected chi connectivity index (χ3v) is 1.59. The molecule has 1 rings (SSSR count). The molecule has 0 aliphatic heterocycles. The van der Waals surface area contributed by atoms with Gasteiger partial charge in [-0.25, -0.2) is 18.0 Å². The molecule has 0 saturated heterocycles. The van der Waals surface area contributed by atoms with Crippen molar-refractivity contribution in [2.75, 3.05) is 0 Å². The minimum Gasteiger partial charge on any atom is -0.478 e. The number of aromatic nitrogens is 1. The van der Waals surface area contributed by atoms with E-state index in [4.69, 9.17) is 10.4 Å². The molecule has 0 aliphatic carbocycles. The SMILES string of the molecule is N#Cc1cnc(C(F)F)c(C(=O)O)c1F. The summed E-state index contributed by atoms with van der Waals surface area (Å²) in [5, 5.41) is 16.8. The molecule has 15 heavy (non-hydrogen) atoms. The van der Waals surface area contributed by atoms with Crippen LogP contribution in [0.15, 0.2) is 6.20 Å². The van der Waals surface area contributed by atoms with Crippen LogP contribution in [0.3, 0.4) is 0 Å². The first-order valence-electron chi connectivity index (χ1n) is 3.59. The maximum atomic E-state index is 13.2. The number of carboxylic acid groups (broad SMARTS) is 1. The molecule has 0 spiro atoms. The zero-order valence-electron chi connectivity index (χ0n) is 7.04. The van der Waals surface area contributed by atoms with Gasteiger partial charge in [-0.1, -0.05) is 0 Å². The van der Waals surface area contributed by atoms with Gasteiger partial charge < -0.3 is 5.11 Å². The highest BCUT2D eigenvalue weighted by Crippen LogP contribution is 2.24. The number of hydrogen-bond acceptors (Lipinski definition) is 3. The Labute approximate surface area is 81.6 Å². The Morgan fingerprint density at radius 3 is 2.60 bits per heavy atom. The first-order chi connectivity index (χ1) is 6.99. The van der Waals surface area contributed by atoms with Crippen LogP contribution in [0.4, 0.5) is 13.2 Å². The molecule has 0 aromatic carbocycles. The Morgan fingerprint density at radius 1 is 1.60 bits per heavy atom. The van der Waals surface area contributed by atoms with Crippen molar-refractivity contribution in [1.82, 2.24) is 4.98 Å². The molecule has 1 N–H and O–H groups in total. The Kier molecular flexibility index (Phi) is 2.90. The lowest BCUT2D eigenvalue weighted by atomic mass is 10.1. The molecule has 1 heterocycles. The van der Waals surface area contributed by atoms with Gasteiger partial charge in [0.05, 0.1) is 0 Å². The predicted molar refractivity (Wildman–Crippen MR) is 40.8 cm³/mol. The van der Waals surface area contributed by atoms with Crippen LogP contribution in [-0.2, 0) is 0 Å². The Morgan fingerprint density at radius 2 is 2.20 bits per heavy atom. The summed E-state index contributed by atoms with van der Waals surface area (Å²) in [6, 6.07) is 1.31. The van der Waals surface area contributed by atoms with E-state index >= 15 is 0 Å². The van der Waals surface area contributed by atoms with Gasteiger partial charge in [0.2, 0.25) is 0 Å². The van der Waals surface area contributed by atoms with Gasteiger partial charge >= 0.3 is 5.97 Å². The first-order valence-corrected chi connectivity index (χ1v) is 3.59. The van der Waals surface area contributed by atoms with E-state index in [0.717, 1.165) is 0 Å². The summed E-state index contributed by atoms with van der Waals surface area (Å²) >= 11 is 0. The summed E-state index contributed by atoms with van der Waals surface area (Å²) in [6.45, 7) is 0. The topological polar surface area (TPSA) is 74.0 Å². The number of halogens is 3. The van der Waals surface area contributed by atoms with E-state index in [2.05, 4.69) is 4.98 Å². The molecular formula is C8H3F3N2O2. The quantitative estimate of drug-likeness (QED) is 0.816. The number of alkyl halides is 2. The van der Waals surface area contributed by atoms with Gasteiger partial charge in [-0.15, -0.1) is 0 Å². The fourth-order valence-electron chi connectivity index (χ4n) is 0.949. The summed E-state index contributed by atoms with van der Waals surface area (Å²) in [7, 11) is 0. The van der Waals surface area contributed by atoms with E-state index in [9.17, 15) is 18.0 Å². The summed E-state index contributed by atoms with van der Waals surface area (Å²) in [4.78, 5) is 13.5. The number of nitrogens with zero attached hydrogens (tertiary/aromatic N) is 2. The van der Waals surface area contributed by atoms with Crippen molar-refractivity contribution in [1.29, 1.82) is 5.26 Å². The van der Waals surface area contributed by atoms with Crippen molar-refractivity contribution in [3.05, 3.63) is 28.8 Å². The molecule has 0 radical (unpaired) electrons. The van der Waals surface area contributed by atoms with Crippen molar-refractivity contribution in [3.63, 3.8) is 0 Å². The van der Waals surface area contributed by atoms with Crippen molar-refractivity contribution < 1.29 is 23.1 Å². The summed E-state index contributed by atoms with van der Waals surface area (Å²) in [6.07, 6.45) is -2.64. The second-order valence-electron chi connectivity index (χ2n) is 2.46. The normalized spacial score (nSPS) is 10.1. The zero-order chi connectivity index (χ0) is 11.6. The molecule has 0 bridgehead atoms. The smallest absolute Gasteiger partial charge is 0.340 e. The zero-order valence-corrected chi connectivity index (χ0v) is 7.04. The molecule has 0 amide bonds. The number of hydrogen-bond donors (Lipinski definition) is 1. The van der Waals surface area contributed by atoms with Crippen LogP contribution < -0.4 is 0 Å². The molecule has 7 heteroatoms. The van der Waals surface area contributed by atoms with Crippen molar-refractivity contribution in [2.24, 2.45) is 0 Å². The van der Waals surface area contributed by atoms with E-state index in [0.29, 0.717) is 6.20 Å². The van der Waals surface area contributed by atoms with Crippen molar-refractivity contribution in [2.45, 2.75) is 6.43 Å². The summed E-state index contributed by atoms with van der Waals surface area (Å²) < 4.78 is 37.6. The van der Waals surface area contributed by atoms with Crippen LogP contribution in [0.1, 0.15) is 28.0 Å². The standard InChI is InChI=1S/C8H3F3N2O2/c9-5-3(1-12)2-13-6(7(10)11)4(5)8(14)15/h2,7H,(H,14,15). The average molecular weight is 216 g/mol. The molecule has 78 valence electrons. The van der Waals surface area contributed by atoms with Gasteiger partial charge in [0, 0.05) is 6.20 Å². The third-order valence-electron chi connectivity index (χ3n) is 1.59. The van der Waals surface area contributed by atoms with E-state index in [-0.39, 0.29) is 0 Å². The molecule has 0 unspecified atom stereocenters. The molecule has 1 aromatic rings. The van der Waals surface area contributed by atoms with E-state index < -0.39 is 35.0 Å². The lowest BCUT2D eigenvalue weighted by molar-refractivity contribution is 0.0676. The Hall–Kier alpha value is -2.10. The average Bonchev–Trinajstić information content (AvgIpc) is 2.16.